The number of rotatable bonds is 5. The number of hydrogen-bond acceptors (Lipinski definition) is 3. The fraction of sp³-hybridized carbons (Fsp3) is 0.125. The molecule has 2 aromatic carbocycles. The van der Waals surface area contributed by atoms with Crippen molar-refractivity contribution in [2.24, 2.45) is 0 Å². The van der Waals surface area contributed by atoms with Gasteiger partial charge in [-0.15, -0.1) is 0 Å². The van der Waals surface area contributed by atoms with Gasteiger partial charge in [0.2, 0.25) is 5.91 Å². The number of anilines is 2. The molecule has 0 saturated carbocycles. The van der Waals surface area contributed by atoms with E-state index in [2.05, 4.69) is 10.6 Å². The minimum Gasteiger partial charge on any atom is -0.482 e. The fourth-order valence-corrected chi connectivity index (χ4v) is 1.85. The van der Waals surface area contributed by atoms with Crippen molar-refractivity contribution in [2.75, 3.05) is 17.2 Å². The first-order valence-electron chi connectivity index (χ1n) is 6.69. The summed E-state index contributed by atoms with van der Waals surface area (Å²) < 4.78 is 31.4. The quantitative estimate of drug-likeness (QED) is 0.890. The smallest absolute Gasteiger partial charge is 0.262 e. The van der Waals surface area contributed by atoms with Gasteiger partial charge in [0.1, 0.15) is 17.4 Å². The van der Waals surface area contributed by atoms with E-state index in [0.717, 1.165) is 12.1 Å². The van der Waals surface area contributed by atoms with E-state index in [4.69, 9.17) is 4.74 Å². The summed E-state index contributed by atoms with van der Waals surface area (Å²) in [5.41, 5.74) is 0.413. The number of carbonyl (C=O) groups is 2. The molecule has 2 N–H and O–H groups in total. The van der Waals surface area contributed by atoms with E-state index in [1.165, 1.54) is 6.92 Å². The predicted octanol–water partition coefficient (Wildman–Crippen LogP) is 2.94. The van der Waals surface area contributed by atoms with Crippen LogP contribution in [0.25, 0.3) is 0 Å². The van der Waals surface area contributed by atoms with E-state index in [-0.39, 0.29) is 18.2 Å². The first-order valence-corrected chi connectivity index (χ1v) is 6.69. The van der Waals surface area contributed by atoms with Gasteiger partial charge < -0.3 is 15.4 Å². The van der Waals surface area contributed by atoms with Crippen LogP contribution in [0.3, 0.4) is 0 Å². The number of amides is 2. The molecule has 5 nitrogen and oxygen atoms in total. The summed E-state index contributed by atoms with van der Waals surface area (Å²) in [5, 5.41) is 4.89. The van der Waals surface area contributed by atoms with Crippen LogP contribution < -0.4 is 15.4 Å². The SMILES string of the molecule is CC(=O)Nc1ccccc1OCC(=O)Nc1cc(F)cc(F)c1. The third-order valence-electron chi connectivity index (χ3n) is 2.70. The molecule has 2 aromatic rings. The maximum Gasteiger partial charge on any atom is 0.262 e. The molecule has 0 aliphatic heterocycles. The van der Waals surface area contributed by atoms with Gasteiger partial charge in [-0.3, -0.25) is 9.59 Å². The van der Waals surface area contributed by atoms with Crippen molar-refractivity contribution in [1.29, 1.82) is 0 Å². The zero-order valence-electron chi connectivity index (χ0n) is 12.2. The Balaban J connectivity index is 1.98. The molecule has 0 bridgehead atoms. The van der Waals surface area contributed by atoms with Crippen molar-refractivity contribution < 1.29 is 23.1 Å². The molecule has 0 fully saturated rings. The van der Waals surface area contributed by atoms with E-state index < -0.39 is 17.5 Å². The Morgan fingerprint density at radius 1 is 1.04 bits per heavy atom. The van der Waals surface area contributed by atoms with Gasteiger partial charge in [-0.25, -0.2) is 8.78 Å². The highest BCUT2D eigenvalue weighted by molar-refractivity contribution is 5.92. The fourth-order valence-electron chi connectivity index (χ4n) is 1.85. The number of hydrogen-bond donors (Lipinski definition) is 2. The van der Waals surface area contributed by atoms with E-state index in [1.807, 2.05) is 0 Å². The molecular weight excluding hydrogens is 306 g/mol. The first-order chi connectivity index (χ1) is 10.9. The van der Waals surface area contributed by atoms with Crippen LogP contribution in [0.1, 0.15) is 6.92 Å². The molecule has 0 spiro atoms. The molecule has 0 heterocycles. The number of carbonyl (C=O) groups excluding carboxylic acids is 2. The lowest BCUT2D eigenvalue weighted by Crippen LogP contribution is -2.21. The first kappa shape index (κ1) is 16.4. The third kappa shape index (κ3) is 5.06. The minimum absolute atomic E-state index is 0.00811. The molecule has 0 aliphatic carbocycles. The highest BCUT2D eigenvalue weighted by Crippen LogP contribution is 2.23. The lowest BCUT2D eigenvalue weighted by Gasteiger charge is -2.11. The number of ether oxygens (including phenoxy) is 1. The van der Waals surface area contributed by atoms with Crippen molar-refractivity contribution in [2.45, 2.75) is 6.92 Å². The Bertz CT molecular complexity index is 715. The predicted molar refractivity (Wildman–Crippen MR) is 81.2 cm³/mol. The van der Waals surface area contributed by atoms with Crippen molar-refractivity contribution >= 4 is 23.2 Å². The van der Waals surface area contributed by atoms with Gasteiger partial charge in [-0.1, -0.05) is 12.1 Å². The van der Waals surface area contributed by atoms with Crippen molar-refractivity contribution in [3.8, 4) is 5.75 Å². The van der Waals surface area contributed by atoms with Crippen LogP contribution in [0.5, 0.6) is 5.75 Å². The molecule has 0 aromatic heterocycles. The molecule has 120 valence electrons. The summed E-state index contributed by atoms with van der Waals surface area (Å²) in [7, 11) is 0. The summed E-state index contributed by atoms with van der Waals surface area (Å²) in [6.45, 7) is 0.969. The van der Waals surface area contributed by atoms with Gasteiger partial charge in [0.15, 0.2) is 6.61 Å². The zero-order valence-corrected chi connectivity index (χ0v) is 12.2. The molecule has 0 saturated heterocycles. The molecule has 7 heteroatoms. The van der Waals surface area contributed by atoms with Crippen LogP contribution >= 0.6 is 0 Å². The van der Waals surface area contributed by atoms with E-state index in [0.29, 0.717) is 17.5 Å². The molecule has 2 amide bonds. The lowest BCUT2D eigenvalue weighted by molar-refractivity contribution is -0.118. The molecule has 0 aliphatic rings. The normalized spacial score (nSPS) is 10.0. The van der Waals surface area contributed by atoms with E-state index in [9.17, 15) is 18.4 Å². The number of benzene rings is 2. The highest BCUT2D eigenvalue weighted by atomic mass is 19.1. The Morgan fingerprint density at radius 2 is 1.70 bits per heavy atom. The number of nitrogens with one attached hydrogen (secondary N) is 2. The third-order valence-corrected chi connectivity index (χ3v) is 2.70. The molecule has 2 rings (SSSR count). The van der Waals surface area contributed by atoms with Crippen molar-refractivity contribution in [3.05, 3.63) is 54.1 Å². The summed E-state index contributed by atoms with van der Waals surface area (Å²) in [5.74, 6) is -2.15. The zero-order chi connectivity index (χ0) is 16.8. The Kier molecular flexibility index (Phi) is 5.24. The van der Waals surface area contributed by atoms with Gasteiger partial charge in [0.05, 0.1) is 5.69 Å². The van der Waals surface area contributed by atoms with Crippen LogP contribution in [-0.2, 0) is 9.59 Å². The van der Waals surface area contributed by atoms with Gasteiger partial charge in [0.25, 0.3) is 5.91 Å². The van der Waals surface area contributed by atoms with Gasteiger partial charge in [-0.05, 0) is 24.3 Å². The minimum atomic E-state index is -0.794. The van der Waals surface area contributed by atoms with Crippen LogP contribution in [0.2, 0.25) is 0 Å². The van der Waals surface area contributed by atoms with E-state index in [1.54, 1.807) is 24.3 Å². The summed E-state index contributed by atoms with van der Waals surface area (Å²) in [6, 6.07) is 9.28. The van der Waals surface area contributed by atoms with Gasteiger partial charge in [0, 0.05) is 18.7 Å². The number of para-hydroxylation sites is 2. The summed E-state index contributed by atoms with van der Waals surface area (Å²) in [6.07, 6.45) is 0. The standard InChI is InChI=1S/C16H14F2N2O3/c1-10(21)19-14-4-2-3-5-15(14)23-9-16(22)20-13-7-11(17)6-12(18)8-13/h2-8H,9H2,1H3,(H,19,21)(H,20,22). The topological polar surface area (TPSA) is 67.4 Å². The average Bonchev–Trinajstić information content (AvgIpc) is 2.44. The maximum atomic E-state index is 13.0. The largest absolute Gasteiger partial charge is 0.482 e. The molecule has 0 atom stereocenters. The Hall–Kier alpha value is -2.96. The second-order valence-corrected chi connectivity index (χ2v) is 4.67. The van der Waals surface area contributed by atoms with Crippen LogP contribution in [0.4, 0.5) is 20.2 Å². The van der Waals surface area contributed by atoms with Crippen LogP contribution in [-0.4, -0.2) is 18.4 Å². The Labute approximate surface area is 131 Å². The number of halogens is 2. The van der Waals surface area contributed by atoms with E-state index >= 15 is 0 Å². The maximum absolute atomic E-state index is 13.0. The lowest BCUT2D eigenvalue weighted by atomic mass is 10.3. The van der Waals surface area contributed by atoms with Crippen LogP contribution in [0.15, 0.2) is 42.5 Å². The average molecular weight is 320 g/mol. The van der Waals surface area contributed by atoms with Crippen molar-refractivity contribution in [1.82, 2.24) is 0 Å². The van der Waals surface area contributed by atoms with Gasteiger partial charge >= 0.3 is 0 Å². The highest BCUT2D eigenvalue weighted by Gasteiger charge is 2.09. The van der Waals surface area contributed by atoms with Crippen LogP contribution in [0, 0.1) is 11.6 Å². The molecule has 0 radical (unpaired) electrons. The van der Waals surface area contributed by atoms with Gasteiger partial charge in [-0.2, -0.15) is 0 Å². The monoisotopic (exact) mass is 320 g/mol. The van der Waals surface area contributed by atoms with Crippen molar-refractivity contribution in [3.63, 3.8) is 0 Å². The Morgan fingerprint density at radius 3 is 2.35 bits per heavy atom. The molecular formula is C16H14F2N2O3. The summed E-state index contributed by atoms with van der Waals surface area (Å²) in [4.78, 5) is 22.9. The molecule has 0 unspecified atom stereocenters. The second-order valence-electron chi connectivity index (χ2n) is 4.67. The second kappa shape index (κ2) is 7.35. The summed E-state index contributed by atoms with van der Waals surface area (Å²) >= 11 is 0. The molecule has 23 heavy (non-hydrogen) atoms.